The van der Waals surface area contributed by atoms with Crippen molar-refractivity contribution in [2.45, 2.75) is 13.3 Å². The summed E-state index contributed by atoms with van der Waals surface area (Å²) in [5, 5.41) is 11.5. The van der Waals surface area contributed by atoms with E-state index < -0.39 is 0 Å². The fourth-order valence-electron chi connectivity index (χ4n) is 1.56. The Balaban J connectivity index is 2.88. The number of rotatable bonds is 5. The van der Waals surface area contributed by atoms with Gasteiger partial charge in [-0.3, -0.25) is 4.90 Å². The molecule has 2 amide bonds. The van der Waals surface area contributed by atoms with Gasteiger partial charge in [0.05, 0.1) is 0 Å². The molecule has 1 rings (SSSR count). The van der Waals surface area contributed by atoms with Gasteiger partial charge in [0.1, 0.15) is 5.84 Å². The number of anilines is 1. The van der Waals surface area contributed by atoms with Crippen LogP contribution in [0.15, 0.2) is 35.5 Å². The highest BCUT2D eigenvalue weighted by Crippen LogP contribution is 2.15. The molecule has 0 aliphatic rings. The average molecular weight is 264 g/mol. The van der Waals surface area contributed by atoms with Crippen LogP contribution in [0.2, 0.25) is 0 Å². The first kappa shape index (κ1) is 14.8. The van der Waals surface area contributed by atoms with Crippen LogP contribution in [0.25, 0.3) is 0 Å². The van der Waals surface area contributed by atoms with Crippen molar-refractivity contribution < 1.29 is 10.0 Å². The first-order chi connectivity index (χ1) is 9.10. The molecule has 0 saturated heterocycles. The molecule has 0 radical (unpaired) electrons. The zero-order chi connectivity index (χ0) is 14.3. The number of amides is 2. The largest absolute Gasteiger partial charge is 0.409 e. The number of carbonyl (C=O) groups is 1. The number of urea groups is 1. The predicted molar refractivity (Wildman–Crippen MR) is 75.5 cm³/mol. The van der Waals surface area contributed by atoms with E-state index in [0.717, 1.165) is 5.69 Å². The maximum absolute atomic E-state index is 12.3. The van der Waals surface area contributed by atoms with E-state index in [0.29, 0.717) is 19.5 Å². The van der Waals surface area contributed by atoms with Crippen LogP contribution < -0.4 is 10.6 Å². The third kappa shape index (κ3) is 4.17. The van der Waals surface area contributed by atoms with Crippen molar-refractivity contribution in [3.63, 3.8) is 0 Å². The van der Waals surface area contributed by atoms with Gasteiger partial charge >= 0.3 is 6.03 Å². The zero-order valence-corrected chi connectivity index (χ0v) is 11.3. The number of hydrogen-bond acceptors (Lipinski definition) is 3. The van der Waals surface area contributed by atoms with Gasteiger partial charge in [0.2, 0.25) is 0 Å². The number of benzene rings is 1. The van der Waals surface area contributed by atoms with Gasteiger partial charge in [0.25, 0.3) is 0 Å². The second-order valence-electron chi connectivity index (χ2n) is 4.13. The molecule has 6 heteroatoms. The fraction of sp³-hybridized carbons (Fsp3) is 0.385. The van der Waals surface area contributed by atoms with Gasteiger partial charge in [-0.15, -0.1) is 0 Å². The van der Waals surface area contributed by atoms with Crippen LogP contribution in [0.1, 0.15) is 13.3 Å². The third-order valence-electron chi connectivity index (χ3n) is 2.82. The summed E-state index contributed by atoms with van der Waals surface area (Å²) in [6, 6.07) is 9.22. The highest BCUT2D eigenvalue weighted by molar-refractivity contribution is 5.92. The molecule has 104 valence electrons. The first-order valence-corrected chi connectivity index (χ1v) is 6.14. The standard InChI is InChI=1S/C13H20N4O2/c1-3-16(2)13(18)17(10-9-12(14)15-19)11-7-5-4-6-8-11/h4-8,19H,3,9-10H2,1-2H3,(H2,14,15). The summed E-state index contributed by atoms with van der Waals surface area (Å²) in [4.78, 5) is 15.5. The molecule has 19 heavy (non-hydrogen) atoms. The molecule has 3 N–H and O–H groups in total. The van der Waals surface area contributed by atoms with Gasteiger partial charge in [0, 0.05) is 32.2 Å². The lowest BCUT2D eigenvalue weighted by Crippen LogP contribution is -2.42. The SMILES string of the molecule is CCN(C)C(=O)N(CCC(N)=NO)c1ccccc1. The Hall–Kier alpha value is -2.24. The van der Waals surface area contributed by atoms with E-state index in [-0.39, 0.29) is 11.9 Å². The van der Waals surface area contributed by atoms with E-state index >= 15 is 0 Å². The lowest BCUT2D eigenvalue weighted by Gasteiger charge is -2.27. The Morgan fingerprint density at radius 1 is 1.37 bits per heavy atom. The number of amidine groups is 1. The maximum Gasteiger partial charge on any atom is 0.324 e. The van der Waals surface area contributed by atoms with E-state index in [1.807, 2.05) is 37.3 Å². The minimum atomic E-state index is -0.112. The Morgan fingerprint density at radius 3 is 2.53 bits per heavy atom. The summed E-state index contributed by atoms with van der Waals surface area (Å²) in [6.45, 7) is 2.89. The number of oxime groups is 1. The number of hydrogen-bond donors (Lipinski definition) is 2. The van der Waals surface area contributed by atoms with E-state index in [2.05, 4.69) is 5.16 Å². The summed E-state index contributed by atoms with van der Waals surface area (Å²) in [5.41, 5.74) is 6.25. The van der Waals surface area contributed by atoms with Crippen molar-refractivity contribution in [1.82, 2.24) is 4.90 Å². The van der Waals surface area contributed by atoms with Crippen molar-refractivity contribution in [2.24, 2.45) is 10.9 Å². The van der Waals surface area contributed by atoms with Crippen LogP contribution in [-0.2, 0) is 0 Å². The van der Waals surface area contributed by atoms with Crippen molar-refractivity contribution in [1.29, 1.82) is 0 Å². The maximum atomic E-state index is 12.3. The number of nitrogens with two attached hydrogens (primary N) is 1. The molecule has 0 aliphatic carbocycles. The molecular weight excluding hydrogens is 244 g/mol. The van der Waals surface area contributed by atoms with Crippen LogP contribution in [-0.4, -0.2) is 42.1 Å². The van der Waals surface area contributed by atoms with E-state index in [1.165, 1.54) is 0 Å². The van der Waals surface area contributed by atoms with Crippen molar-refractivity contribution >= 4 is 17.6 Å². The van der Waals surface area contributed by atoms with Crippen LogP contribution in [0, 0.1) is 0 Å². The molecule has 0 atom stereocenters. The smallest absolute Gasteiger partial charge is 0.324 e. The minimum Gasteiger partial charge on any atom is -0.409 e. The second kappa shape index (κ2) is 7.25. The van der Waals surface area contributed by atoms with Crippen LogP contribution >= 0.6 is 0 Å². The van der Waals surface area contributed by atoms with Crippen molar-refractivity contribution in [3.8, 4) is 0 Å². The van der Waals surface area contributed by atoms with E-state index in [9.17, 15) is 4.79 Å². The van der Waals surface area contributed by atoms with Gasteiger partial charge in [0.15, 0.2) is 0 Å². The summed E-state index contributed by atoms with van der Waals surface area (Å²) >= 11 is 0. The fourth-order valence-corrected chi connectivity index (χ4v) is 1.56. The molecule has 0 saturated carbocycles. The van der Waals surface area contributed by atoms with Gasteiger partial charge < -0.3 is 15.8 Å². The topological polar surface area (TPSA) is 82.2 Å². The number of carbonyl (C=O) groups excluding carboxylic acids is 1. The van der Waals surface area contributed by atoms with Crippen molar-refractivity contribution in [3.05, 3.63) is 30.3 Å². The molecule has 0 spiro atoms. The number of para-hydroxylation sites is 1. The summed E-state index contributed by atoms with van der Waals surface area (Å²) in [5.74, 6) is 0.105. The average Bonchev–Trinajstić information content (AvgIpc) is 2.47. The third-order valence-corrected chi connectivity index (χ3v) is 2.82. The molecule has 1 aromatic carbocycles. The van der Waals surface area contributed by atoms with Crippen LogP contribution in [0.3, 0.4) is 0 Å². The summed E-state index contributed by atoms with van der Waals surface area (Å²) < 4.78 is 0. The van der Waals surface area contributed by atoms with Crippen LogP contribution in [0.5, 0.6) is 0 Å². The molecule has 1 aromatic rings. The summed E-state index contributed by atoms with van der Waals surface area (Å²) in [6.07, 6.45) is 0.314. The lowest BCUT2D eigenvalue weighted by atomic mass is 10.2. The first-order valence-electron chi connectivity index (χ1n) is 6.14. The summed E-state index contributed by atoms with van der Waals surface area (Å²) in [7, 11) is 1.74. The van der Waals surface area contributed by atoms with E-state index in [1.54, 1.807) is 16.8 Å². The predicted octanol–water partition coefficient (Wildman–Crippen LogP) is 1.70. The van der Waals surface area contributed by atoms with Gasteiger partial charge in [-0.2, -0.15) is 0 Å². The zero-order valence-electron chi connectivity index (χ0n) is 11.3. The molecule has 0 heterocycles. The van der Waals surface area contributed by atoms with E-state index in [4.69, 9.17) is 10.9 Å². The normalized spacial score (nSPS) is 11.2. The molecule has 0 bridgehead atoms. The van der Waals surface area contributed by atoms with Gasteiger partial charge in [-0.1, -0.05) is 23.4 Å². The monoisotopic (exact) mass is 264 g/mol. The molecular formula is C13H20N4O2. The van der Waals surface area contributed by atoms with Gasteiger partial charge in [-0.05, 0) is 19.1 Å². The molecule has 0 aliphatic heterocycles. The molecule has 0 unspecified atom stereocenters. The Kier molecular flexibility index (Phi) is 5.66. The Bertz CT molecular complexity index is 434. The highest BCUT2D eigenvalue weighted by Gasteiger charge is 2.18. The quantitative estimate of drug-likeness (QED) is 0.367. The molecule has 6 nitrogen and oxygen atoms in total. The Labute approximate surface area is 113 Å². The van der Waals surface area contributed by atoms with Crippen LogP contribution in [0.4, 0.5) is 10.5 Å². The van der Waals surface area contributed by atoms with Gasteiger partial charge in [-0.25, -0.2) is 4.79 Å². The lowest BCUT2D eigenvalue weighted by molar-refractivity contribution is 0.218. The molecule has 0 aromatic heterocycles. The van der Waals surface area contributed by atoms with Crippen molar-refractivity contribution in [2.75, 3.05) is 25.0 Å². The molecule has 0 fully saturated rings. The second-order valence-corrected chi connectivity index (χ2v) is 4.13. The minimum absolute atomic E-state index is 0.105. The highest BCUT2D eigenvalue weighted by atomic mass is 16.4. The number of nitrogens with zero attached hydrogens (tertiary/aromatic N) is 3. The Morgan fingerprint density at radius 2 is 2.00 bits per heavy atom.